The fraction of sp³-hybridized carbons (Fsp3) is 0.629. The van der Waals surface area contributed by atoms with E-state index >= 15 is 4.79 Å². The molecule has 0 radical (unpaired) electrons. The first kappa shape index (κ1) is 32.9. The topological polar surface area (TPSA) is 90.4 Å². The number of likely N-dealkylation sites (tertiary alicyclic amines) is 1. The van der Waals surface area contributed by atoms with Crippen LogP contribution in [0, 0.1) is 17.3 Å². The van der Waals surface area contributed by atoms with Crippen LogP contribution in [-0.2, 0) is 25.5 Å². The fourth-order valence-corrected chi connectivity index (χ4v) is 8.38. The third-order valence-electron chi connectivity index (χ3n) is 9.68. The van der Waals surface area contributed by atoms with Crippen LogP contribution in [0.25, 0.3) is 0 Å². The highest BCUT2D eigenvalue weighted by molar-refractivity contribution is 5.99. The van der Waals surface area contributed by atoms with E-state index in [9.17, 15) is 14.7 Å². The van der Waals surface area contributed by atoms with Crippen LogP contribution >= 0.6 is 0 Å². The Morgan fingerprint density at radius 3 is 2.28 bits per heavy atom. The number of amides is 3. The highest BCUT2D eigenvalue weighted by Crippen LogP contribution is 2.64. The molecule has 0 saturated carbocycles. The lowest BCUT2D eigenvalue weighted by molar-refractivity contribution is -0.159. The first-order chi connectivity index (χ1) is 20.1. The summed E-state index contributed by atoms with van der Waals surface area (Å²) in [5, 5.41) is 10.8. The Hall–Kier alpha value is -2.97. The minimum Gasteiger partial charge on any atom is -0.394 e. The zero-order valence-corrected chi connectivity index (χ0v) is 27.1. The number of carbonyl (C=O) groups is 3. The van der Waals surface area contributed by atoms with Gasteiger partial charge in [-0.3, -0.25) is 14.4 Å². The maximum atomic E-state index is 15.1. The van der Waals surface area contributed by atoms with Crippen LogP contribution in [0.1, 0.15) is 66.4 Å². The minimum absolute atomic E-state index is 0.0702. The molecule has 1 aromatic carbocycles. The molecule has 8 nitrogen and oxygen atoms in total. The third kappa shape index (κ3) is 5.80. The standard InChI is InChI=1S/C35H51N3O5/c1-10-19-36(9)29(40)26-27-30(41)38(25(22-39)21-24-15-13-12-14-16-24)28(35(27)18-17-34(26,8)43-35)31(42)37(20-11-2)33(6,7)23-32(3,4)5/h10-16,25-28,39H,1-2,17-23H2,3-9H3/t25-,26+,27+,28?,34-,35?/m1/s1. The Morgan fingerprint density at radius 2 is 1.72 bits per heavy atom. The van der Waals surface area contributed by atoms with Gasteiger partial charge < -0.3 is 24.5 Å². The SMILES string of the molecule is C=CCN(C)C(=O)[C@@H]1[C@H]2C(=O)N([C@@H](CO)Cc3ccccc3)C(C(=O)N(CC=C)C(C)(C)CC(C)(C)C)C23CC[C@@]1(C)O3. The second-order valence-corrected chi connectivity index (χ2v) is 14.8. The molecule has 3 amide bonds. The summed E-state index contributed by atoms with van der Waals surface area (Å²) in [6.45, 7) is 20.5. The zero-order valence-electron chi connectivity index (χ0n) is 27.1. The van der Waals surface area contributed by atoms with Crippen LogP contribution in [0.3, 0.4) is 0 Å². The number of nitrogens with zero attached hydrogens (tertiary/aromatic N) is 3. The van der Waals surface area contributed by atoms with Crippen LogP contribution in [0.15, 0.2) is 55.6 Å². The average Bonchev–Trinajstić information content (AvgIpc) is 3.49. The van der Waals surface area contributed by atoms with Gasteiger partial charge in [0.2, 0.25) is 17.7 Å². The summed E-state index contributed by atoms with van der Waals surface area (Å²) in [4.78, 5) is 48.7. The summed E-state index contributed by atoms with van der Waals surface area (Å²) >= 11 is 0. The summed E-state index contributed by atoms with van der Waals surface area (Å²) in [5.41, 5.74) is -1.75. The highest BCUT2D eigenvalue weighted by Gasteiger charge is 2.79. The molecule has 2 unspecified atom stereocenters. The van der Waals surface area contributed by atoms with E-state index in [0.717, 1.165) is 12.0 Å². The van der Waals surface area contributed by atoms with Gasteiger partial charge in [0.05, 0.1) is 30.1 Å². The van der Waals surface area contributed by atoms with Gasteiger partial charge in [-0.15, -0.1) is 13.2 Å². The predicted octanol–water partition coefficient (Wildman–Crippen LogP) is 4.23. The number of benzene rings is 1. The number of aliphatic hydroxyl groups is 1. The smallest absolute Gasteiger partial charge is 0.249 e. The van der Waals surface area contributed by atoms with E-state index in [-0.39, 0.29) is 29.7 Å². The molecule has 1 N–H and O–H groups in total. The number of likely N-dealkylation sites (N-methyl/N-ethyl adjacent to an activating group) is 1. The highest BCUT2D eigenvalue weighted by atomic mass is 16.5. The van der Waals surface area contributed by atoms with Crippen molar-refractivity contribution in [1.82, 2.24) is 14.7 Å². The molecule has 43 heavy (non-hydrogen) atoms. The Balaban J connectivity index is 1.86. The molecule has 3 fully saturated rings. The molecule has 3 aliphatic rings. The lowest BCUT2D eigenvalue weighted by Gasteiger charge is -2.46. The van der Waals surface area contributed by atoms with Crippen molar-refractivity contribution in [1.29, 1.82) is 0 Å². The predicted molar refractivity (Wildman–Crippen MR) is 168 cm³/mol. The van der Waals surface area contributed by atoms with Crippen LogP contribution in [0.4, 0.5) is 0 Å². The van der Waals surface area contributed by atoms with Gasteiger partial charge in [-0.25, -0.2) is 0 Å². The van der Waals surface area contributed by atoms with Gasteiger partial charge in [0.15, 0.2) is 0 Å². The van der Waals surface area contributed by atoms with Crippen molar-refractivity contribution in [2.45, 2.75) is 96.1 Å². The van der Waals surface area contributed by atoms with Crippen LogP contribution in [0.2, 0.25) is 0 Å². The van der Waals surface area contributed by atoms with Crippen LogP contribution < -0.4 is 0 Å². The molecule has 0 aliphatic carbocycles. The monoisotopic (exact) mass is 593 g/mol. The maximum Gasteiger partial charge on any atom is 0.249 e. The molecule has 2 bridgehead atoms. The van der Waals surface area contributed by atoms with Gasteiger partial charge in [-0.2, -0.15) is 0 Å². The quantitative estimate of drug-likeness (QED) is 0.367. The summed E-state index contributed by atoms with van der Waals surface area (Å²) in [5.74, 6) is -2.29. The number of carbonyl (C=O) groups excluding carboxylic acids is 3. The molecule has 3 heterocycles. The van der Waals surface area contributed by atoms with E-state index in [1.54, 1.807) is 29.0 Å². The van der Waals surface area contributed by atoms with E-state index < -0.39 is 40.7 Å². The summed E-state index contributed by atoms with van der Waals surface area (Å²) in [7, 11) is 1.71. The van der Waals surface area contributed by atoms with Crippen molar-refractivity contribution in [3.05, 3.63) is 61.2 Å². The summed E-state index contributed by atoms with van der Waals surface area (Å²) < 4.78 is 6.86. The van der Waals surface area contributed by atoms with Crippen LogP contribution in [-0.4, -0.2) is 93.1 Å². The van der Waals surface area contributed by atoms with Crippen molar-refractivity contribution in [2.75, 3.05) is 26.7 Å². The Bertz CT molecular complexity index is 1240. The average molecular weight is 594 g/mol. The van der Waals surface area contributed by atoms with Crippen molar-refractivity contribution in [3.8, 4) is 0 Å². The van der Waals surface area contributed by atoms with Gasteiger partial charge in [0, 0.05) is 25.7 Å². The molecule has 1 spiro atoms. The molecular formula is C35H51N3O5. The van der Waals surface area contributed by atoms with E-state index in [1.807, 2.05) is 56.0 Å². The molecule has 6 atom stereocenters. The van der Waals surface area contributed by atoms with Crippen LogP contribution in [0.5, 0.6) is 0 Å². The van der Waals surface area contributed by atoms with E-state index in [4.69, 9.17) is 4.74 Å². The fourth-order valence-electron chi connectivity index (χ4n) is 8.38. The molecule has 4 rings (SSSR count). The van der Waals surface area contributed by atoms with Gasteiger partial charge in [0.1, 0.15) is 11.6 Å². The molecule has 8 heteroatoms. The number of hydrogen-bond acceptors (Lipinski definition) is 5. The van der Waals surface area contributed by atoms with E-state index in [2.05, 4.69) is 33.9 Å². The molecule has 3 aliphatic heterocycles. The summed E-state index contributed by atoms with van der Waals surface area (Å²) in [6, 6.07) is 8.00. The third-order valence-corrected chi connectivity index (χ3v) is 9.68. The zero-order chi connectivity index (χ0) is 32.0. The lowest BCUT2D eigenvalue weighted by atomic mass is 9.66. The number of aliphatic hydroxyl groups excluding tert-OH is 1. The Kier molecular flexibility index (Phi) is 9.07. The second kappa shape index (κ2) is 11.8. The lowest BCUT2D eigenvalue weighted by Crippen LogP contribution is -2.62. The second-order valence-electron chi connectivity index (χ2n) is 14.8. The van der Waals surface area contributed by atoms with E-state index in [1.165, 1.54) is 0 Å². The van der Waals surface area contributed by atoms with Gasteiger partial charge in [0.25, 0.3) is 0 Å². The molecule has 1 aromatic rings. The summed E-state index contributed by atoms with van der Waals surface area (Å²) in [6.07, 6.45) is 5.50. The molecular weight excluding hydrogens is 542 g/mol. The first-order valence-electron chi connectivity index (χ1n) is 15.5. The Morgan fingerprint density at radius 1 is 1.09 bits per heavy atom. The maximum absolute atomic E-state index is 15.1. The van der Waals surface area contributed by atoms with Crippen molar-refractivity contribution < 1.29 is 24.2 Å². The van der Waals surface area contributed by atoms with Gasteiger partial charge in [-0.1, -0.05) is 63.3 Å². The number of hydrogen-bond donors (Lipinski definition) is 1. The molecule has 3 saturated heterocycles. The largest absolute Gasteiger partial charge is 0.394 e. The van der Waals surface area contributed by atoms with Crippen molar-refractivity contribution >= 4 is 17.7 Å². The van der Waals surface area contributed by atoms with Crippen molar-refractivity contribution in [3.63, 3.8) is 0 Å². The van der Waals surface area contributed by atoms with Gasteiger partial charge >= 0.3 is 0 Å². The first-order valence-corrected chi connectivity index (χ1v) is 15.5. The molecule has 0 aromatic heterocycles. The molecule has 236 valence electrons. The Labute approximate surface area is 257 Å². The minimum atomic E-state index is -1.18. The number of fused-ring (bicyclic) bond motifs is 1. The number of ether oxygens (including phenoxy) is 1. The van der Waals surface area contributed by atoms with Gasteiger partial charge in [-0.05, 0) is 57.4 Å². The van der Waals surface area contributed by atoms with Crippen molar-refractivity contribution in [2.24, 2.45) is 17.3 Å². The normalized spacial score (nSPS) is 28.9. The number of rotatable bonds is 12. The van der Waals surface area contributed by atoms with E-state index in [0.29, 0.717) is 32.4 Å².